The van der Waals surface area contributed by atoms with Gasteiger partial charge in [-0.15, -0.1) is 0 Å². The maximum Gasteiger partial charge on any atom is 0.242 e. The number of benzene rings is 1. The number of rotatable bonds is 5. The van der Waals surface area contributed by atoms with Gasteiger partial charge in [0, 0.05) is 19.3 Å². The Labute approximate surface area is 108 Å². The van der Waals surface area contributed by atoms with Gasteiger partial charge in [0.2, 0.25) is 10.0 Å². The zero-order chi connectivity index (χ0) is 13.2. The van der Waals surface area contributed by atoms with Gasteiger partial charge in [0.1, 0.15) is 0 Å². The Morgan fingerprint density at radius 2 is 1.94 bits per heavy atom. The predicted molar refractivity (Wildman–Crippen MR) is 71.4 cm³/mol. The highest BCUT2D eigenvalue weighted by atomic mass is 32.2. The first-order valence-electron chi connectivity index (χ1n) is 6.07. The number of hydrogen-bond acceptors (Lipinski definition) is 4. The molecule has 0 spiro atoms. The Hall–Kier alpha value is -1.11. The molecule has 1 aliphatic rings. The molecule has 0 amide bonds. The summed E-state index contributed by atoms with van der Waals surface area (Å²) in [7, 11) is -1.73. The van der Waals surface area contributed by atoms with Crippen molar-refractivity contribution in [1.29, 1.82) is 0 Å². The van der Waals surface area contributed by atoms with Crippen LogP contribution >= 0.6 is 0 Å². The first kappa shape index (κ1) is 13.3. The van der Waals surface area contributed by atoms with Crippen LogP contribution in [0.4, 0.5) is 5.69 Å². The molecular formula is C12H19N3O2S. The van der Waals surface area contributed by atoms with Crippen molar-refractivity contribution in [1.82, 2.24) is 4.31 Å². The maximum absolute atomic E-state index is 12.3. The highest BCUT2D eigenvalue weighted by Gasteiger charge is 2.26. The third-order valence-electron chi connectivity index (χ3n) is 3.47. The lowest BCUT2D eigenvalue weighted by Crippen LogP contribution is -2.34. The van der Waals surface area contributed by atoms with Gasteiger partial charge in [-0.2, -0.15) is 0 Å². The van der Waals surface area contributed by atoms with Crippen molar-refractivity contribution in [3.63, 3.8) is 0 Å². The zero-order valence-electron chi connectivity index (χ0n) is 10.5. The quantitative estimate of drug-likeness (QED) is 0.625. The van der Waals surface area contributed by atoms with E-state index < -0.39 is 10.0 Å². The van der Waals surface area contributed by atoms with Crippen molar-refractivity contribution in [3.8, 4) is 0 Å². The lowest BCUT2D eigenvalue weighted by Gasteiger charge is -2.29. The van der Waals surface area contributed by atoms with Crippen LogP contribution in [0.15, 0.2) is 29.2 Å². The Bertz CT molecular complexity index is 495. The maximum atomic E-state index is 12.3. The molecule has 1 saturated carbocycles. The number of hydrazine groups is 1. The molecule has 0 bridgehead atoms. The first-order valence-corrected chi connectivity index (χ1v) is 7.51. The molecule has 0 aromatic heterocycles. The van der Waals surface area contributed by atoms with Gasteiger partial charge >= 0.3 is 0 Å². The number of nitrogens with zero attached hydrogens (tertiary/aromatic N) is 1. The van der Waals surface area contributed by atoms with E-state index in [1.807, 2.05) is 0 Å². The van der Waals surface area contributed by atoms with E-state index in [-0.39, 0.29) is 0 Å². The lowest BCUT2D eigenvalue weighted by atomic mass is 9.86. The van der Waals surface area contributed by atoms with E-state index in [4.69, 9.17) is 5.84 Å². The Morgan fingerprint density at radius 3 is 2.39 bits per heavy atom. The van der Waals surface area contributed by atoms with Crippen LogP contribution < -0.4 is 11.3 Å². The monoisotopic (exact) mass is 269 g/mol. The van der Waals surface area contributed by atoms with E-state index in [1.54, 1.807) is 31.3 Å². The second kappa shape index (κ2) is 5.26. The second-order valence-corrected chi connectivity index (χ2v) is 6.80. The summed E-state index contributed by atoms with van der Waals surface area (Å²) in [5.74, 6) is 5.77. The SMILES string of the molecule is CN(CC1CCC1)S(=O)(=O)c1ccc(NN)cc1. The fourth-order valence-electron chi connectivity index (χ4n) is 2.04. The van der Waals surface area contributed by atoms with E-state index in [1.165, 1.54) is 10.7 Å². The van der Waals surface area contributed by atoms with Gasteiger partial charge in [0.25, 0.3) is 0 Å². The molecule has 18 heavy (non-hydrogen) atoms. The van der Waals surface area contributed by atoms with Gasteiger partial charge in [0.15, 0.2) is 0 Å². The van der Waals surface area contributed by atoms with Gasteiger partial charge in [-0.25, -0.2) is 12.7 Å². The first-order chi connectivity index (χ1) is 8.54. The number of nitrogens with two attached hydrogens (primary N) is 1. The molecule has 0 heterocycles. The molecule has 5 nitrogen and oxygen atoms in total. The minimum Gasteiger partial charge on any atom is -0.324 e. The van der Waals surface area contributed by atoms with Crippen molar-refractivity contribution in [2.75, 3.05) is 19.0 Å². The van der Waals surface area contributed by atoms with Gasteiger partial charge in [0.05, 0.1) is 4.90 Å². The van der Waals surface area contributed by atoms with E-state index in [2.05, 4.69) is 5.43 Å². The summed E-state index contributed by atoms with van der Waals surface area (Å²) in [5, 5.41) is 0. The summed E-state index contributed by atoms with van der Waals surface area (Å²) in [6, 6.07) is 6.46. The minimum absolute atomic E-state index is 0.309. The van der Waals surface area contributed by atoms with Crippen molar-refractivity contribution < 1.29 is 8.42 Å². The summed E-state index contributed by atoms with van der Waals surface area (Å²) in [6.45, 7) is 0.610. The highest BCUT2D eigenvalue weighted by Crippen LogP contribution is 2.28. The van der Waals surface area contributed by atoms with E-state index in [0.717, 1.165) is 12.8 Å². The van der Waals surface area contributed by atoms with Crippen LogP contribution in [0, 0.1) is 5.92 Å². The van der Waals surface area contributed by atoms with Gasteiger partial charge < -0.3 is 5.43 Å². The molecule has 0 radical (unpaired) electrons. The Morgan fingerprint density at radius 1 is 1.33 bits per heavy atom. The van der Waals surface area contributed by atoms with Gasteiger partial charge in [-0.3, -0.25) is 5.84 Å². The van der Waals surface area contributed by atoms with Gasteiger partial charge in [-0.05, 0) is 43.0 Å². The molecule has 0 unspecified atom stereocenters. The molecule has 1 aliphatic carbocycles. The fraction of sp³-hybridized carbons (Fsp3) is 0.500. The van der Waals surface area contributed by atoms with Crippen LogP contribution in [0.5, 0.6) is 0 Å². The smallest absolute Gasteiger partial charge is 0.242 e. The van der Waals surface area contributed by atoms with Crippen LogP contribution in [-0.4, -0.2) is 26.3 Å². The Balaban J connectivity index is 2.12. The molecule has 1 fully saturated rings. The molecule has 3 N–H and O–H groups in total. The molecule has 0 aliphatic heterocycles. The summed E-state index contributed by atoms with van der Waals surface area (Å²) in [6.07, 6.45) is 3.49. The van der Waals surface area contributed by atoms with Crippen molar-refractivity contribution >= 4 is 15.7 Å². The summed E-state index contributed by atoms with van der Waals surface area (Å²) >= 11 is 0. The largest absolute Gasteiger partial charge is 0.324 e. The normalized spacial score (nSPS) is 16.6. The average Bonchev–Trinajstić information content (AvgIpc) is 2.33. The summed E-state index contributed by atoms with van der Waals surface area (Å²) < 4.78 is 26.0. The van der Waals surface area contributed by atoms with E-state index >= 15 is 0 Å². The molecule has 0 saturated heterocycles. The number of hydrogen-bond donors (Lipinski definition) is 2. The predicted octanol–water partition coefficient (Wildman–Crippen LogP) is 1.39. The molecule has 1 aromatic carbocycles. The number of nitrogen functional groups attached to an aromatic ring is 1. The molecular weight excluding hydrogens is 250 g/mol. The topological polar surface area (TPSA) is 75.4 Å². The highest BCUT2D eigenvalue weighted by molar-refractivity contribution is 7.89. The van der Waals surface area contributed by atoms with Crippen LogP contribution in [0.3, 0.4) is 0 Å². The third-order valence-corrected chi connectivity index (χ3v) is 5.31. The molecule has 0 atom stereocenters. The number of anilines is 1. The average molecular weight is 269 g/mol. The number of nitrogens with one attached hydrogen (secondary N) is 1. The summed E-state index contributed by atoms with van der Waals surface area (Å²) in [5.41, 5.74) is 3.17. The van der Waals surface area contributed by atoms with Crippen LogP contribution in [-0.2, 0) is 10.0 Å². The molecule has 2 rings (SSSR count). The standard InChI is InChI=1S/C12H19N3O2S/c1-15(9-10-3-2-4-10)18(16,17)12-7-5-11(14-13)6-8-12/h5-8,10,14H,2-4,9,13H2,1H3. The molecule has 100 valence electrons. The number of sulfonamides is 1. The Kier molecular flexibility index (Phi) is 3.89. The molecule has 6 heteroatoms. The second-order valence-electron chi connectivity index (χ2n) is 4.75. The summed E-state index contributed by atoms with van der Waals surface area (Å²) in [4.78, 5) is 0.309. The molecule has 1 aromatic rings. The van der Waals surface area contributed by atoms with Gasteiger partial charge in [-0.1, -0.05) is 6.42 Å². The van der Waals surface area contributed by atoms with Crippen molar-refractivity contribution in [2.24, 2.45) is 11.8 Å². The van der Waals surface area contributed by atoms with Crippen LogP contribution in [0.2, 0.25) is 0 Å². The third kappa shape index (κ3) is 2.66. The van der Waals surface area contributed by atoms with E-state index in [9.17, 15) is 8.42 Å². The fourth-order valence-corrected chi connectivity index (χ4v) is 3.29. The zero-order valence-corrected chi connectivity index (χ0v) is 11.3. The van der Waals surface area contributed by atoms with E-state index in [0.29, 0.717) is 23.0 Å². The van der Waals surface area contributed by atoms with Crippen molar-refractivity contribution in [3.05, 3.63) is 24.3 Å². The van der Waals surface area contributed by atoms with Crippen LogP contribution in [0.1, 0.15) is 19.3 Å². The van der Waals surface area contributed by atoms with Crippen LogP contribution in [0.25, 0.3) is 0 Å². The lowest BCUT2D eigenvalue weighted by molar-refractivity contribution is 0.263. The minimum atomic E-state index is -3.37. The van der Waals surface area contributed by atoms with Crippen molar-refractivity contribution in [2.45, 2.75) is 24.2 Å².